The van der Waals surface area contributed by atoms with Gasteiger partial charge in [0.2, 0.25) is 5.95 Å². The molecule has 1 atom stereocenters. The molecule has 0 aliphatic carbocycles. The third-order valence-corrected chi connectivity index (χ3v) is 5.16. The summed E-state index contributed by atoms with van der Waals surface area (Å²) in [5.74, 6) is 0.699. The Balaban J connectivity index is 1.49. The van der Waals surface area contributed by atoms with Crippen molar-refractivity contribution in [1.29, 1.82) is 0 Å². The molecule has 2 saturated heterocycles. The van der Waals surface area contributed by atoms with E-state index in [-0.39, 0.29) is 5.54 Å². The van der Waals surface area contributed by atoms with Gasteiger partial charge in [-0.05, 0) is 33.2 Å². The molecular formula is C18H31N5O. The van der Waals surface area contributed by atoms with Gasteiger partial charge < -0.3 is 10.1 Å². The van der Waals surface area contributed by atoms with Gasteiger partial charge in [-0.2, -0.15) is 0 Å². The minimum absolute atomic E-state index is 0.233. The molecule has 2 fully saturated rings. The van der Waals surface area contributed by atoms with Crippen LogP contribution in [0, 0.1) is 0 Å². The first-order valence-corrected chi connectivity index (χ1v) is 9.20. The second kappa shape index (κ2) is 7.76. The van der Waals surface area contributed by atoms with Crippen LogP contribution in [0.3, 0.4) is 0 Å². The Kier molecular flexibility index (Phi) is 5.69. The summed E-state index contributed by atoms with van der Waals surface area (Å²) >= 11 is 0. The van der Waals surface area contributed by atoms with Crippen LogP contribution in [0.25, 0.3) is 0 Å². The molecule has 6 nitrogen and oxygen atoms in total. The lowest BCUT2D eigenvalue weighted by Gasteiger charge is -2.46. The summed E-state index contributed by atoms with van der Waals surface area (Å²) in [6.07, 6.45) is 6.50. The SMILES string of the molecule is CCN1CCN(Cc2cnc(NCC3CCCO3)nc2)CC1(C)C. The molecule has 3 heterocycles. The normalized spacial score (nSPS) is 25.0. The van der Waals surface area contributed by atoms with E-state index in [0.717, 1.165) is 58.7 Å². The topological polar surface area (TPSA) is 53.5 Å². The second-order valence-corrected chi connectivity index (χ2v) is 7.53. The lowest BCUT2D eigenvalue weighted by Crippen LogP contribution is -2.58. The Hall–Kier alpha value is -1.24. The zero-order valence-electron chi connectivity index (χ0n) is 15.3. The van der Waals surface area contributed by atoms with Crippen LogP contribution in [-0.2, 0) is 11.3 Å². The van der Waals surface area contributed by atoms with E-state index in [1.807, 2.05) is 12.4 Å². The molecule has 0 saturated carbocycles. The number of likely N-dealkylation sites (N-methyl/N-ethyl adjacent to an activating group) is 1. The minimum atomic E-state index is 0.233. The highest BCUT2D eigenvalue weighted by molar-refractivity contribution is 5.25. The van der Waals surface area contributed by atoms with Gasteiger partial charge in [-0.15, -0.1) is 0 Å². The lowest BCUT2D eigenvalue weighted by atomic mass is 9.98. The van der Waals surface area contributed by atoms with E-state index >= 15 is 0 Å². The number of piperazine rings is 1. The van der Waals surface area contributed by atoms with Crippen LogP contribution >= 0.6 is 0 Å². The van der Waals surface area contributed by atoms with Crippen molar-refractivity contribution in [3.8, 4) is 0 Å². The van der Waals surface area contributed by atoms with Crippen LogP contribution in [0.5, 0.6) is 0 Å². The van der Waals surface area contributed by atoms with Crippen molar-refractivity contribution in [2.24, 2.45) is 0 Å². The molecule has 0 aromatic carbocycles. The highest BCUT2D eigenvalue weighted by Crippen LogP contribution is 2.21. The molecule has 0 radical (unpaired) electrons. The molecule has 0 bridgehead atoms. The first-order valence-electron chi connectivity index (χ1n) is 9.20. The van der Waals surface area contributed by atoms with E-state index in [0.29, 0.717) is 12.1 Å². The van der Waals surface area contributed by atoms with Crippen molar-refractivity contribution < 1.29 is 4.74 Å². The van der Waals surface area contributed by atoms with E-state index in [2.05, 4.69) is 45.9 Å². The standard InChI is InChI=1S/C18H31N5O/c1-4-23-8-7-22(14-18(23,2)3)13-15-10-19-17(20-11-15)21-12-16-6-5-9-24-16/h10-11,16H,4-9,12-14H2,1-3H3,(H,19,20,21). The number of nitrogens with zero attached hydrogens (tertiary/aromatic N) is 4. The average molecular weight is 333 g/mol. The number of hydrogen-bond donors (Lipinski definition) is 1. The van der Waals surface area contributed by atoms with Crippen LogP contribution in [0.2, 0.25) is 0 Å². The number of anilines is 1. The van der Waals surface area contributed by atoms with Crippen LogP contribution in [-0.4, -0.2) is 70.7 Å². The molecular weight excluding hydrogens is 302 g/mol. The van der Waals surface area contributed by atoms with Gasteiger partial charge >= 0.3 is 0 Å². The third-order valence-electron chi connectivity index (χ3n) is 5.16. The molecule has 134 valence electrons. The molecule has 0 amide bonds. The summed E-state index contributed by atoms with van der Waals surface area (Å²) in [6.45, 7) is 14.0. The van der Waals surface area contributed by atoms with Crippen LogP contribution in [0.15, 0.2) is 12.4 Å². The van der Waals surface area contributed by atoms with Crippen LogP contribution in [0.4, 0.5) is 5.95 Å². The van der Waals surface area contributed by atoms with Crippen molar-refractivity contribution in [1.82, 2.24) is 19.8 Å². The summed E-state index contributed by atoms with van der Waals surface area (Å²) in [4.78, 5) is 14.0. The molecule has 24 heavy (non-hydrogen) atoms. The van der Waals surface area contributed by atoms with E-state index in [1.54, 1.807) is 0 Å². The zero-order chi connectivity index (χ0) is 17.0. The Labute approximate surface area is 145 Å². The van der Waals surface area contributed by atoms with Crippen molar-refractivity contribution in [2.75, 3.05) is 44.6 Å². The predicted molar refractivity (Wildman–Crippen MR) is 96.1 cm³/mol. The highest BCUT2D eigenvalue weighted by Gasteiger charge is 2.32. The molecule has 2 aliphatic heterocycles. The molecule has 0 spiro atoms. The number of aromatic nitrogens is 2. The van der Waals surface area contributed by atoms with E-state index in [9.17, 15) is 0 Å². The molecule has 1 aromatic rings. The zero-order valence-corrected chi connectivity index (χ0v) is 15.3. The van der Waals surface area contributed by atoms with Gasteiger partial charge in [0.15, 0.2) is 0 Å². The first kappa shape index (κ1) is 17.6. The Bertz CT molecular complexity index is 513. The summed E-state index contributed by atoms with van der Waals surface area (Å²) < 4.78 is 5.61. The van der Waals surface area contributed by atoms with E-state index in [1.165, 1.54) is 5.56 Å². The monoisotopic (exact) mass is 333 g/mol. The predicted octanol–water partition coefficient (Wildman–Crippen LogP) is 1.98. The first-order chi connectivity index (χ1) is 11.6. The van der Waals surface area contributed by atoms with Crippen molar-refractivity contribution in [3.05, 3.63) is 18.0 Å². The third kappa shape index (κ3) is 4.43. The van der Waals surface area contributed by atoms with Gasteiger partial charge in [-0.1, -0.05) is 6.92 Å². The maximum Gasteiger partial charge on any atom is 0.222 e. The number of ether oxygens (including phenoxy) is 1. The smallest absolute Gasteiger partial charge is 0.222 e. The summed E-state index contributed by atoms with van der Waals surface area (Å²) in [7, 11) is 0. The number of rotatable bonds is 6. The summed E-state index contributed by atoms with van der Waals surface area (Å²) in [5.41, 5.74) is 1.41. The molecule has 1 aromatic heterocycles. The van der Waals surface area contributed by atoms with Crippen LogP contribution < -0.4 is 5.32 Å². The minimum Gasteiger partial charge on any atom is -0.376 e. The van der Waals surface area contributed by atoms with Crippen molar-refractivity contribution in [3.63, 3.8) is 0 Å². The lowest BCUT2D eigenvalue weighted by molar-refractivity contribution is 0.0201. The second-order valence-electron chi connectivity index (χ2n) is 7.53. The molecule has 1 N–H and O–H groups in total. The van der Waals surface area contributed by atoms with Crippen LogP contribution in [0.1, 0.15) is 39.2 Å². The van der Waals surface area contributed by atoms with Gasteiger partial charge in [0.05, 0.1) is 6.10 Å². The van der Waals surface area contributed by atoms with Gasteiger partial charge in [-0.25, -0.2) is 9.97 Å². The maximum atomic E-state index is 5.61. The summed E-state index contributed by atoms with van der Waals surface area (Å²) in [6, 6.07) is 0. The molecule has 2 aliphatic rings. The molecule has 6 heteroatoms. The van der Waals surface area contributed by atoms with E-state index in [4.69, 9.17) is 4.74 Å². The largest absolute Gasteiger partial charge is 0.376 e. The van der Waals surface area contributed by atoms with Gasteiger partial charge in [-0.3, -0.25) is 9.80 Å². The van der Waals surface area contributed by atoms with Crippen molar-refractivity contribution in [2.45, 2.75) is 51.8 Å². The Morgan fingerprint density at radius 3 is 2.71 bits per heavy atom. The Morgan fingerprint density at radius 2 is 2.08 bits per heavy atom. The van der Waals surface area contributed by atoms with Gasteiger partial charge in [0.25, 0.3) is 0 Å². The molecule has 1 unspecified atom stereocenters. The highest BCUT2D eigenvalue weighted by atomic mass is 16.5. The summed E-state index contributed by atoms with van der Waals surface area (Å²) in [5, 5.41) is 3.28. The fraction of sp³-hybridized carbons (Fsp3) is 0.778. The number of hydrogen-bond acceptors (Lipinski definition) is 6. The average Bonchev–Trinajstić information content (AvgIpc) is 3.07. The van der Waals surface area contributed by atoms with Crippen molar-refractivity contribution >= 4 is 5.95 Å². The van der Waals surface area contributed by atoms with Gasteiger partial charge in [0, 0.05) is 62.8 Å². The fourth-order valence-electron chi connectivity index (χ4n) is 3.81. The Morgan fingerprint density at radius 1 is 1.29 bits per heavy atom. The van der Waals surface area contributed by atoms with Gasteiger partial charge in [0.1, 0.15) is 0 Å². The number of nitrogens with one attached hydrogen (secondary N) is 1. The fourth-order valence-corrected chi connectivity index (χ4v) is 3.81. The maximum absolute atomic E-state index is 5.61. The van der Waals surface area contributed by atoms with E-state index < -0.39 is 0 Å². The quantitative estimate of drug-likeness (QED) is 0.859. The molecule has 3 rings (SSSR count).